The molecule has 0 unspecified atom stereocenters. The Balaban J connectivity index is 1.75. The Bertz CT molecular complexity index is 1170. The van der Waals surface area contributed by atoms with Crippen LogP contribution in [-0.4, -0.2) is 26.3 Å². The van der Waals surface area contributed by atoms with Crippen molar-refractivity contribution in [2.24, 2.45) is 5.10 Å². The highest BCUT2D eigenvalue weighted by molar-refractivity contribution is 7.92. The number of hydrogen-bond donors (Lipinski definition) is 1. The van der Waals surface area contributed by atoms with E-state index < -0.39 is 10.0 Å². The number of nitrogens with one attached hydrogen (secondary N) is 1. The van der Waals surface area contributed by atoms with Crippen LogP contribution in [0.15, 0.2) is 84.0 Å². The first-order valence-electron chi connectivity index (χ1n) is 9.77. The monoisotopic (exact) mass is 435 g/mol. The highest BCUT2D eigenvalue weighted by Crippen LogP contribution is 2.21. The number of aryl methyl sites for hydroxylation is 1. The van der Waals surface area contributed by atoms with E-state index in [9.17, 15) is 13.2 Å². The molecule has 0 bridgehead atoms. The maximum absolute atomic E-state index is 12.4. The smallest absolute Gasteiger partial charge is 0.267 e. The van der Waals surface area contributed by atoms with Crippen molar-refractivity contribution in [3.05, 3.63) is 101 Å². The lowest BCUT2D eigenvalue weighted by Crippen LogP contribution is -2.29. The molecule has 0 aliphatic rings. The van der Waals surface area contributed by atoms with Gasteiger partial charge in [0.2, 0.25) is 10.0 Å². The summed E-state index contributed by atoms with van der Waals surface area (Å²) in [5.74, 6) is -0.369. The molecule has 3 aromatic carbocycles. The van der Waals surface area contributed by atoms with Crippen LogP contribution in [-0.2, 0) is 16.6 Å². The zero-order chi connectivity index (χ0) is 22.4. The largest absolute Gasteiger partial charge is 0.271 e. The second-order valence-corrected chi connectivity index (χ2v) is 9.21. The molecule has 3 rings (SSSR count). The Hall–Kier alpha value is -3.45. The topological polar surface area (TPSA) is 78.8 Å². The van der Waals surface area contributed by atoms with Crippen molar-refractivity contribution in [1.82, 2.24) is 5.43 Å². The zero-order valence-corrected chi connectivity index (χ0v) is 18.6. The van der Waals surface area contributed by atoms with E-state index >= 15 is 0 Å². The lowest BCUT2D eigenvalue weighted by Gasteiger charge is -2.22. The van der Waals surface area contributed by atoms with Gasteiger partial charge in [0.1, 0.15) is 0 Å². The van der Waals surface area contributed by atoms with Crippen LogP contribution in [0.2, 0.25) is 0 Å². The average Bonchev–Trinajstić information content (AvgIpc) is 2.77. The molecule has 0 spiro atoms. The number of sulfonamides is 1. The molecule has 0 radical (unpaired) electrons. The Morgan fingerprint density at radius 3 is 2.10 bits per heavy atom. The van der Waals surface area contributed by atoms with Gasteiger partial charge in [0.25, 0.3) is 5.91 Å². The summed E-state index contributed by atoms with van der Waals surface area (Å²) in [4.78, 5) is 12.4. The standard InChI is InChI=1S/C24H25N3O3S/c1-18-9-11-20(12-10-18)17-27(31(3,29)30)23-15-13-22(14-16-23)24(28)26-25-19(2)21-7-5-4-6-8-21/h4-16H,17H2,1-3H3,(H,26,28)/b25-19-. The minimum Gasteiger partial charge on any atom is -0.267 e. The van der Waals surface area contributed by atoms with Crippen LogP contribution in [0.1, 0.15) is 34.0 Å². The number of carbonyl (C=O) groups excluding carboxylic acids is 1. The quantitative estimate of drug-likeness (QED) is 0.448. The van der Waals surface area contributed by atoms with E-state index in [1.54, 1.807) is 24.3 Å². The van der Waals surface area contributed by atoms with Gasteiger partial charge in [-0.3, -0.25) is 9.10 Å². The number of carbonyl (C=O) groups is 1. The van der Waals surface area contributed by atoms with Gasteiger partial charge < -0.3 is 0 Å². The molecule has 0 atom stereocenters. The first-order chi connectivity index (χ1) is 14.7. The second-order valence-electron chi connectivity index (χ2n) is 7.31. The summed E-state index contributed by atoms with van der Waals surface area (Å²) in [6, 6.07) is 23.7. The van der Waals surface area contributed by atoms with E-state index in [0.717, 1.165) is 16.7 Å². The summed E-state index contributed by atoms with van der Waals surface area (Å²) in [6.45, 7) is 4.01. The first kappa shape index (κ1) is 22.2. The molecule has 0 aromatic heterocycles. The summed E-state index contributed by atoms with van der Waals surface area (Å²) in [5, 5.41) is 4.14. The predicted octanol–water partition coefficient (Wildman–Crippen LogP) is 4.12. The first-order valence-corrected chi connectivity index (χ1v) is 11.6. The average molecular weight is 436 g/mol. The highest BCUT2D eigenvalue weighted by Gasteiger charge is 2.18. The molecular weight excluding hydrogens is 410 g/mol. The lowest BCUT2D eigenvalue weighted by atomic mass is 10.1. The maximum Gasteiger partial charge on any atom is 0.271 e. The molecule has 0 heterocycles. The third-order valence-corrected chi connectivity index (χ3v) is 5.92. The fraction of sp³-hybridized carbons (Fsp3) is 0.167. The van der Waals surface area contributed by atoms with Crippen molar-refractivity contribution < 1.29 is 13.2 Å². The van der Waals surface area contributed by atoms with Crippen LogP contribution in [0.4, 0.5) is 5.69 Å². The van der Waals surface area contributed by atoms with E-state index in [4.69, 9.17) is 0 Å². The SMILES string of the molecule is C/C(=N/NC(=O)c1ccc(N(Cc2ccc(C)cc2)S(C)(=O)=O)cc1)c1ccccc1. The fourth-order valence-corrected chi connectivity index (χ4v) is 3.87. The van der Waals surface area contributed by atoms with E-state index in [1.807, 2.05) is 68.4 Å². The summed E-state index contributed by atoms with van der Waals surface area (Å²) in [5.41, 5.74) is 7.00. The van der Waals surface area contributed by atoms with Crippen molar-refractivity contribution in [3.63, 3.8) is 0 Å². The number of amides is 1. The van der Waals surface area contributed by atoms with E-state index in [-0.39, 0.29) is 12.5 Å². The molecule has 0 aliphatic heterocycles. The molecule has 31 heavy (non-hydrogen) atoms. The van der Waals surface area contributed by atoms with Crippen LogP contribution in [0.3, 0.4) is 0 Å². The van der Waals surface area contributed by atoms with Gasteiger partial charge in [-0.25, -0.2) is 13.8 Å². The summed E-state index contributed by atoms with van der Waals surface area (Å²) in [6.07, 6.45) is 1.17. The number of rotatable bonds is 7. The fourth-order valence-electron chi connectivity index (χ4n) is 2.98. The van der Waals surface area contributed by atoms with Gasteiger partial charge in [0.15, 0.2) is 0 Å². The third kappa shape index (κ3) is 6.02. The summed E-state index contributed by atoms with van der Waals surface area (Å²) >= 11 is 0. The molecule has 0 aliphatic carbocycles. The normalized spacial score (nSPS) is 11.8. The Kier molecular flexibility index (Phi) is 6.87. The summed E-state index contributed by atoms with van der Waals surface area (Å²) < 4.78 is 26.0. The van der Waals surface area contributed by atoms with Crippen LogP contribution in [0.25, 0.3) is 0 Å². The van der Waals surface area contributed by atoms with Crippen molar-refractivity contribution in [1.29, 1.82) is 0 Å². The van der Waals surface area contributed by atoms with Gasteiger partial charge in [-0.05, 0) is 49.2 Å². The highest BCUT2D eigenvalue weighted by atomic mass is 32.2. The second kappa shape index (κ2) is 9.57. The number of hydrogen-bond acceptors (Lipinski definition) is 4. The molecule has 3 aromatic rings. The molecule has 0 saturated carbocycles. The number of nitrogens with zero attached hydrogens (tertiary/aromatic N) is 2. The number of anilines is 1. The van der Waals surface area contributed by atoms with Gasteiger partial charge in [0, 0.05) is 5.56 Å². The summed E-state index contributed by atoms with van der Waals surface area (Å²) in [7, 11) is -3.50. The van der Waals surface area contributed by atoms with E-state index in [1.165, 1.54) is 10.6 Å². The van der Waals surface area contributed by atoms with Crippen LogP contribution in [0.5, 0.6) is 0 Å². The van der Waals surface area contributed by atoms with E-state index in [0.29, 0.717) is 17.0 Å². The molecule has 160 valence electrons. The Morgan fingerprint density at radius 1 is 0.903 bits per heavy atom. The van der Waals surface area contributed by atoms with Crippen LogP contribution >= 0.6 is 0 Å². The number of hydrazone groups is 1. The maximum atomic E-state index is 12.4. The van der Waals surface area contributed by atoms with E-state index in [2.05, 4.69) is 10.5 Å². The van der Waals surface area contributed by atoms with Crippen molar-refractivity contribution in [2.75, 3.05) is 10.6 Å². The molecule has 1 N–H and O–H groups in total. The predicted molar refractivity (Wildman–Crippen MR) is 125 cm³/mol. The third-order valence-electron chi connectivity index (χ3n) is 4.78. The van der Waals surface area contributed by atoms with Crippen molar-refractivity contribution >= 4 is 27.3 Å². The molecule has 0 fully saturated rings. The number of benzene rings is 3. The van der Waals surface area contributed by atoms with Gasteiger partial charge in [-0.15, -0.1) is 0 Å². The van der Waals surface area contributed by atoms with Crippen LogP contribution < -0.4 is 9.73 Å². The van der Waals surface area contributed by atoms with Gasteiger partial charge >= 0.3 is 0 Å². The van der Waals surface area contributed by atoms with Crippen molar-refractivity contribution in [3.8, 4) is 0 Å². The molecule has 7 heteroatoms. The Morgan fingerprint density at radius 2 is 1.52 bits per heavy atom. The van der Waals surface area contributed by atoms with Gasteiger partial charge in [0.05, 0.1) is 24.2 Å². The Labute approximate surface area is 183 Å². The van der Waals surface area contributed by atoms with Crippen molar-refractivity contribution in [2.45, 2.75) is 20.4 Å². The lowest BCUT2D eigenvalue weighted by molar-refractivity contribution is 0.0955. The van der Waals surface area contributed by atoms with Gasteiger partial charge in [-0.2, -0.15) is 5.10 Å². The minimum absolute atomic E-state index is 0.214. The minimum atomic E-state index is -3.50. The van der Waals surface area contributed by atoms with Crippen LogP contribution in [0, 0.1) is 6.92 Å². The molecule has 1 amide bonds. The van der Waals surface area contributed by atoms with Gasteiger partial charge in [-0.1, -0.05) is 60.2 Å². The molecule has 0 saturated heterocycles. The molecular formula is C24H25N3O3S. The zero-order valence-electron chi connectivity index (χ0n) is 17.7. The molecule has 6 nitrogen and oxygen atoms in total.